The molecule has 3 heterocycles. The number of morpholine rings is 1. The van der Waals surface area contributed by atoms with Gasteiger partial charge in [0.1, 0.15) is 11.6 Å². The van der Waals surface area contributed by atoms with E-state index < -0.39 is 21.7 Å². The van der Waals surface area contributed by atoms with E-state index in [0.717, 1.165) is 17.7 Å². The second-order valence-corrected chi connectivity index (χ2v) is 10.4. The fourth-order valence-electron chi connectivity index (χ4n) is 4.05. The van der Waals surface area contributed by atoms with Crippen molar-refractivity contribution < 1.29 is 27.1 Å². The minimum atomic E-state index is -3.86. The summed E-state index contributed by atoms with van der Waals surface area (Å²) in [4.78, 5) is 31.1. The summed E-state index contributed by atoms with van der Waals surface area (Å²) < 4.78 is 46.8. The summed E-state index contributed by atoms with van der Waals surface area (Å²) in [5.41, 5.74) is 0.694. The molecule has 0 unspecified atom stereocenters. The summed E-state index contributed by atoms with van der Waals surface area (Å²) in [6.45, 7) is 3.41. The Morgan fingerprint density at radius 1 is 1.09 bits per heavy atom. The highest BCUT2D eigenvalue weighted by Crippen LogP contribution is 2.24. The molecule has 0 bridgehead atoms. The number of sulfonamides is 1. The first-order valence-electron chi connectivity index (χ1n) is 11.2. The van der Waals surface area contributed by atoms with E-state index in [4.69, 9.17) is 4.74 Å². The Labute approximate surface area is 198 Å². The number of nitrogens with one attached hydrogen (secondary N) is 1. The second-order valence-electron chi connectivity index (χ2n) is 8.43. The van der Waals surface area contributed by atoms with E-state index in [1.54, 1.807) is 12.3 Å². The molecule has 2 amide bonds. The van der Waals surface area contributed by atoms with Crippen LogP contribution in [0.25, 0.3) is 0 Å². The van der Waals surface area contributed by atoms with E-state index in [-0.39, 0.29) is 61.7 Å². The highest BCUT2D eigenvalue weighted by atomic mass is 32.2. The lowest BCUT2D eigenvalue weighted by molar-refractivity contribution is -0.121. The molecule has 1 aromatic carbocycles. The maximum Gasteiger partial charge on any atom is 0.256 e. The Morgan fingerprint density at radius 3 is 2.44 bits per heavy atom. The number of hydrogen-bond acceptors (Lipinski definition) is 6. The van der Waals surface area contributed by atoms with Gasteiger partial charge in [0.25, 0.3) is 5.91 Å². The predicted molar refractivity (Wildman–Crippen MR) is 122 cm³/mol. The third-order valence-corrected chi connectivity index (χ3v) is 7.99. The molecule has 2 aliphatic heterocycles. The Bertz CT molecular complexity index is 1160. The van der Waals surface area contributed by atoms with Crippen molar-refractivity contribution in [3.63, 3.8) is 0 Å². The molecule has 11 heteroatoms. The van der Waals surface area contributed by atoms with Crippen molar-refractivity contribution in [3.8, 4) is 0 Å². The summed E-state index contributed by atoms with van der Waals surface area (Å²) in [5, 5.41) is 2.79. The normalized spacial score (nSPS) is 18.0. The van der Waals surface area contributed by atoms with Crippen LogP contribution in [0.3, 0.4) is 0 Å². The molecule has 0 radical (unpaired) electrons. The van der Waals surface area contributed by atoms with Crippen molar-refractivity contribution in [1.82, 2.24) is 14.2 Å². The lowest BCUT2D eigenvalue weighted by atomic mass is 9.95. The third kappa shape index (κ3) is 5.26. The lowest BCUT2D eigenvalue weighted by Gasteiger charge is -2.31. The topological polar surface area (TPSA) is 109 Å². The van der Waals surface area contributed by atoms with Crippen LogP contribution in [0.1, 0.15) is 28.8 Å². The molecule has 0 spiro atoms. The average Bonchev–Trinajstić information content (AvgIpc) is 2.86. The van der Waals surface area contributed by atoms with Crippen LogP contribution in [-0.4, -0.2) is 73.8 Å². The van der Waals surface area contributed by atoms with Crippen LogP contribution in [-0.2, 0) is 19.6 Å². The Balaban J connectivity index is 1.41. The summed E-state index contributed by atoms with van der Waals surface area (Å²) in [6.07, 6.45) is 2.49. The van der Waals surface area contributed by atoms with Gasteiger partial charge in [0.2, 0.25) is 15.9 Å². The highest BCUT2D eigenvalue weighted by molar-refractivity contribution is 7.89. The number of carbonyl (C=O) groups is 2. The number of carbonyl (C=O) groups excluding carboxylic acids is 2. The lowest BCUT2D eigenvalue weighted by Crippen LogP contribution is -2.42. The maximum atomic E-state index is 14.5. The molecule has 9 nitrogen and oxygen atoms in total. The van der Waals surface area contributed by atoms with Gasteiger partial charge in [-0.3, -0.25) is 9.59 Å². The van der Waals surface area contributed by atoms with E-state index in [0.29, 0.717) is 18.7 Å². The largest absolute Gasteiger partial charge is 0.379 e. The number of aryl methyl sites for hydroxylation is 1. The smallest absolute Gasteiger partial charge is 0.256 e. The van der Waals surface area contributed by atoms with Gasteiger partial charge in [-0.2, -0.15) is 4.31 Å². The first-order chi connectivity index (χ1) is 16.3. The minimum absolute atomic E-state index is 0.126. The number of likely N-dealkylation sites (tertiary alicyclic amines) is 1. The number of benzene rings is 1. The molecule has 4 rings (SSSR count). The van der Waals surface area contributed by atoms with Gasteiger partial charge < -0.3 is 15.0 Å². The van der Waals surface area contributed by atoms with Crippen LogP contribution < -0.4 is 5.32 Å². The predicted octanol–water partition coefficient (Wildman–Crippen LogP) is 2.04. The van der Waals surface area contributed by atoms with Crippen LogP contribution >= 0.6 is 0 Å². The molecule has 182 valence electrons. The SMILES string of the molecule is Cc1ccc(NC(=O)C2CCN(C(=O)c3cc(S(=O)(=O)N4CCOCC4)ccc3F)CC2)nc1. The number of rotatable bonds is 5. The van der Waals surface area contributed by atoms with Crippen molar-refractivity contribution in [2.45, 2.75) is 24.7 Å². The van der Waals surface area contributed by atoms with Gasteiger partial charge in [-0.05, 0) is 49.6 Å². The van der Waals surface area contributed by atoms with Crippen LogP contribution in [0.4, 0.5) is 10.2 Å². The van der Waals surface area contributed by atoms with E-state index >= 15 is 0 Å². The van der Waals surface area contributed by atoms with Crippen LogP contribution in [0.2, 0.25) is 0 Å². The van der Waals surface area contributed by atoms with E-state index in [1.807, 2.05) is 13.0 Å². The van der Waals surface area contributed by atoms with Gasteiger partial charge in [0.15, 0.2) is 0 Å². The van der Waals surface area contributed by atoms with Crippen LogP contribution in [0, 0.1) is 18.7 Å². The van der Waals surface area contributed by atoms with Gasteiger partial charge >= 0.3 is 0 Å². The van der Waals surface area contributed by atoms with E-state index in [1.165, 1.54) is 15.3 Å². The number of aromatic nitrogens is 1. The van der Waals surface area contributed by atoms with Gasteiger partial charge in [-0.1, -0.05) is 6.07 Å². The zero-order valence-electron chi connectivity index (χ0n) is 18.9. The van der Waals surface area contributed by atoms with Crippen molar-refractivity contribution in [2.24, 2.45) is 5.92 Å². The Morgan fingerprint density at radius 2 is 1.79 bits per heavy atom. The number of piperidine rings is 1. The van der Waals surface area contributed by atoms with Gasteiger partial charge in [0, 0.05) is 38.3 Å². The van der Waals surface area contributed by atoms with Gasteiger partial charge in [0.05, 0.1) is 23.7 Å². The highest BCUT2D eigenvalue weighted by Gasteiger charge is 2.31. The van der Waals surface area contributed by atoms with Crippen LogP contribution in [0.15, 0.2) is 41.4 Å². The molecule has 1 N–H and O–H groups in total. The molecular weight excluding hydrogens is 463 g/mol. The standard InChI is InChI=1S/C23H27FN4O5S/c1-16-2-5-21(25-15-16)26-22(29)17-6-8-27(9-7-17)23(30)19-14-18(3-4-20(19)24)34(31,32)28-10-12-33-13-11-28/h2-5,14-15,17H,6-13H2,1H3,(H,25,26,29). The van der Waals surface area contributed by atoms with Crippen molar-refractivity contribution in [3.05, 3.63) is 53.5 Å². The molecule has 1 aromatic heterocycles. The zero-order valence-corrected chi connectivity index (χ0v) is 19.7. The zero-order chi connectivity index (χ0) is 24.3. The molecule has 34 heavy (non-hydrogen) atoms. The quantitative estimate of drug-likeness (QED) is 0.687. The molecular formula is C23H27FN4O5S. The molecule has 2 aromatic rings. The molecule has 0 aliphatic carbocycles. The molecule has 0 saturated carbocycles. The van der Waals surface area contributed by atoms with Gasteiger partial charge in [-0.15, -0.1) is 0 Å². The number of halogens is 1. The number of ether oxygens (including phenoxy) is 1. The number of amides is 2. The molecule has 2 fully saturated rings. The molecule has 2 aliphatic rings. The monoisotopic (exact) mass is 490 g/mol. The Kier molecular flexibility index (Phi) is 7.24. The summed E-state index contributed by atoms with van der Waals surface area (Å²) in [5.74, 6) is -1.38. The number of hydrogen-bond donors (Lipinski definition) is 1. The van der Waals surface area contributed by atoms with Crippen molar-refractivity contribution >= 4 is 27.7 Å². The van der Waals surface area contributed by atoms with Crippen LogP contribution in [0.5, 0.6) is 0 Å². The fraction of sp³-hybridized carbons (Fsp3) is 0.435. The fourth-order valence-corrected chi connectivity index (χ4v) is 5.48. The molecule has 2 saturated heterocycles. The minimum Gasteiger partial charge on any atom is -0.379 e. The van der Waals surface area contributed by atoms with E-state index in [2.05, 4.69) is 10.3 Å². The molecule has 0 atom stereocenters. The second kappa shape index (κ2) is 10.2. The summed E-state index contributed by atoms with van der Waals surface area (Å²) >= 11 is 0. The average molecular weight is 491 g/mol. The maximum absolute atomic E-state index is 14.5. The number of pyridine rings is 1. The van der Waals surface area contributed by atoms with E-state index in [9.17, 15) is 22.4 Å². The summed E-state index contributed by atoms with van der Waals surface area (Å²) in [6, 6.07) is 6.87. The number of nitrogens with zero attached hydrogens (tertiary/aromatic N) is 3. The Hall–Kier alpha value is -2.89. The first kappa shape index (κ1) is 24.2. The van der Waals surface area contributed by atoms with Gasteiger partial charge in [-0.25, -0.2) is 17.8 Å². The van der Waals surface area contributed by atoms with Crippen molar-refractivity contribution in [1.29, 1.82) is 0 Å². The number of anilines is 1. The van der Waals surface area contributed by atoms with Crippen molar-refractivity contribution in [2.75, 3.05) is 44.7 Å². The third-order valence-electron chi connectivity index (χ3n) is 6.09. The first-order valence-corrected chi connectivity index (χ1v) is 12.6. The summed E-state index contributed by atoms with van der Waals surface area (Å²) in [7, 11) is -3.86.